The van der Waals surface area contributed by atoms with E-state index >= 15 is 0 Å². The lowest BCUT2D eigenvalue weighted by molar-refractivity contribution is 0.247. The molecule has 0 N–H and O–H groups in total. The third kappa shape index (κ3) is 5.15. The smallest absolute Gasteiger partial charge is 0.123 e. The Morgan fingerprint density at radius 1 is 0.957 bits per heavy atom. The van der Waals surface area contributed by atoms with E-state index in [0.29, 0.717) is 0 Å². The van der Waals surface area contributed by atoms with Crippen LogP contribution in [0.5, 0.6) is 0 Å². The minimum atomic E-state index is -0.159. The van der Waals surface area contributed by atoms with Gasteiger partial charge in [0.25, 0.3) is 0 Å². The van der Waals surface area contributed by atoms with E-state index in [9.17, 15) is 4.39 Å². The van der Waals surface area contributed by atoms with Gasteiger partial charge < -0.3 is 9.47 Å². The summed E-state index contributed by atoms with van der Waals surface area (Å²) in [4.78, 5) is 9.11. The van der Waals surface area contributed by atoms with Gasteiger partial charge in [-0.1, -0.05) is 12.1 Å². The Labute approximate surface area is 137 Å². The molecule has 1 aliphatic heterocycles. The third-order valence-electron chi connectivity index (χ3n) is 4.45. The molecule has 0 amide bonds. The van der Waals surface area contributed by atoms with Crippen LogP contribution in [0.15, 0.2) is 43.0 Å². The van der Waals surface area contributed by atoms with E-state index < -0.39 is 0 Å². The molecule has 0 unspecified atom stereocenters. The van der Waals surface area contributed by atoms with E-state index in [0.717, 1.165) is 45.7 Å². The molecule has 1 aromatic heterocycles. The van der Waals surface area contributed by atoms with Gasteiger partial charge in [-0.25, -0.2) is 9.37 Å². The predicted molar refractivity (Wildman–Crippen MR) is 89.6 cm³/mol. The van der Waals surface area contributed by atoms with Crippen molar-refractivity contribution in [3.63, 3.8) is 0 Å². The molecule has 0 radical (unpaired) electrons. The number of aromatic nitrogens is 2. The Bertz CT molecular complexity index is 567. The van der Waals surface area contributed by atoms with Gasteiger partial charge in [-0.05, 0) is 50.2 Å². The normalized spacial score (nSPS) is 17.3. The molecule has 2 heterocycles. The Kier molecular flexibility index (Phi) is 5.77. The van der Waals surface area contributed by atoms with Crippen molar-refractivity contribution in [2.24, 2.45) is 0 Å². The van der Waals surface area contributed by atoms with Gasteiger partial charge in [0.1, 0.15) is 5.82 Å². The molecule has 5 heteroatoms. The molecule has 2 aromatic rings. The molecular weight excluding hydrogens is 291 g/mol. The molecular formula is C18H25FN4. The second-order valence-corrected chi connectivity index (χ2v) is 6.25. The summed E-state index contributed by atoms with van der Waals surface area (Å²) in [6.45, 7) is 7.59. The van der Waals surface area contributed by atoms with Crippen LogP contribution in [0.1, 0.15) is 18.4 Å². The highest BCUT2D eigenvalue weighted by molar-refractivity contribution is 5.15. The second kappa shape index (κ2) is 8.22. The van der Waals surface area contributed by atoms with Crippen molar-refractivity contribution < 1.29 is 4.39 Å². The molecule has 0 bridgehead atoms. The van der Waals surface area contributed by atoms with Crippen molar-refractivity contribution in [1.82, 2.24) is 19.4 Å². The maximum Gasteiger partial charge on any atom is 0.123 e. The highest BCUT2D eigenvalue weighted by Gasteiger charge is 2.14. The molecule has 4 nitrogen and oxygen atoms in total. The first-order chi connectivity index (χ1) is 11.3. The van der Waals surface area contributed by atoms with E-state index in [2.05, 4.69) is 19.4 Å². The summed E-state index contributed by atoms with van der Waals surface area (Å²) in [6, 6.07) is 6.89. The van der Waals surface area contributed by atoms with Crippen molar-refractivity contribution in [3.05, 3.63) is 54.4 Å². The Morgan fingerprint density at radius 2 is 1.74 bits per heavy atom. The SMILES string of the molecule is Fc1ccc(CN2CCCN(CCCn3ccnc3)CC2)cc1. The molecule has 124 valence electrons. The minimum Gasteiger partial charge on any atom is -0.337 e. The number of benzene rings is 1. The van der Waals surface area contributed by atoms with Crippen LogP contribution in [0.2, 0.25) is 0 Å². The van der Waals surface area contributed by atoms with Gasteiger partial charge in [-0.3, -0.25) is 4.90 Å². The van der Waals surface area contributed by atoms with Crippen molar-refractivity contribution in [2.45, 2.75) is 25.9 Å². The zero-order valence-corrected chi connectivity index (χ0v) is 13.6. The zero-order chi connectivity index (χ0) is 15.9. The lowest BCUT2D eigenvalue weighted by atomic mass is 10.2. The fraction of sp³-hybridized carbons (Fsp3) is 0.500. The fourth-order valence-electron chi connectivity index (χ4n) is 3.15. The average Bonchev–Trinajstić information content (AvgIpc) is 2.97. The van der Waals surface area contributed by atoms with E-state index in [4.69, 9.17) is 0 Å². The lowest BCUT2D eigenvalue weighted by Crippen LogP contribution is -2.31. The lowest BCUT2D eigenvalue weighted by Gasteiger charge is -2.22. The van der Waals surface area contributed by atoms with Crippen LogP contribution in [0.4, 0.5) is 4.39 Å². The van der Waals surface area contributed by atoms with Crippen molar-refractivity contribution in [3.8, 4) is 0 Å². The summed E-state index contributed by atoms with van der Waals surface area (Å²) in [5, 5.41) is 0. The number of rotatable bonds is 6. The van der Waals surface area contributed by atoms with Crippen LogP contribution in [-0.4, -0.2) is 52.1 Å². The first-order valence-corrected chi connectivity index (χ1v) is 8.44. The third-order valence-corrected chi connectivity index (χ3v) is 4.45. The van der Waals surface area contributed by atoms with Crippen LogP contribution in [0, 0.1) is 5.82 Å². The molecule has 1 aromatic carbocycles. The van der Waals surface area contributed by atoms with Gasteiger partial charge in [0.05, 0.1) is 6.33 Å². The number of aryl methyl sites for hydroxylation is 1. The van der Waals surface area contributed by atoms with Crippen molar-refractivity contribution >= 4 is 0 Å². The highest BCUT2D eigenvalue weighted by Crippen LogP contribution is 2.10. The minimum absolute atomic E-state index is 0.159. The molecule has 3 rings (SSSR count). The van der Waals surface area contributed by atoms with E-state index in [1.165, 1.54) is 18.5 Å². The molecule has 0 saturated carbocycles. The molecule has 1 fully saturated rings. The van der Waals surface area contributed by atoms with Gasteiger partial charge >= 0.3 is 0 Å². The second-order valence-electron chi connectivity index (χ2n) is 6.25. The molecule has 0 spiro atoms. The quantitative estimate of drug-likeness (QED) is 0.819. The molecule has 23 heavy (non-hydrogen) atoms. The topological polar surface area (TPSA) is 24.3 Å². The molecule has 1 aliphatic rings. The van der Waals surface area contributed by atoms with Gasteiger partial charge in [0.2, 0.25) is 0 Å². The van der Waals surface area contributed by atoms with Crippen LogP contribution < -0.4 is 0 Å². The fourth-order valence-corrected chi connectivity index (χ4v) is 3.15. The number of hydrogen-bond donors (Lipinski definition) is 0. The van der Waals surface area contributed by atoms with Crippen LogP contribution in [0.25, 0.3) is 0 Å². The standard InChI is InChI=1S/C18H25FN4/c19-18-5-3-17(4-6-18)15-22-10-1-8-21(13-14-22)9-2-11-23-12-7-20-16-23/h3-7,12,16H,1-2,8-11,13-15H2. The highest BCUT2D eigenvalue weighted by atomic mass is 19.1. The Hall–Kier alpha value is -1.72. The van der Waals surface area contributed by atoms with Gasteiger partial charge in [-0.2, -0.15) is 0 Å². The Balaban J connectivity index is 1.40. The average molecular weight is 316 g/mol. The number of imidazole rings is 1. The number of halogens is 1. The zero-order valence-electron chi connectivity index (χ0n) is 13.6. The summed E-state index contributed by atoms with van der Waals surface area (Å²) in [5.41, 5.74) is 1.19. The van der Waals surface area contributed by atoms with Gasteiger partial charge in [-0.15, -0.1) is 0 Å². The van der Waals surface area contributed by atoms with Gasteiger partial charge in [0, 0.05) is 38.6 Å². The van der Waals surface area contributed by atoms with Crippen LogP contribution in [-0.2, 0) is 13.1 Å². The molecule has 0 atom stereocenters. The maximum absolute atomic E-state index is 13.0. The summed E-state index contributed by atoms with van der Waals surface area (Å²) in [5.74, 6) is -0.159. The van der Waals surface area contributed by atoms with E-state index in [1.54, 1.807) is 12.1 Å². The van der Waals surface area contributed by atoms with E-state index in [1.807, 2.05) is 30.9 Å². The van der Waals surface area contributed by atoms with Crippen LogP contribution in [0.3, 0.4) is 0 Å². The maximum atomic E-state index is 13.0. The van der Waals surface area contributed by atoms with Gasteiger partial charge in [0.15, 0.2) is 0 Å². The first-order valence-electron chi connectivity index (χ1n) is 8.44. The number of nitrogens with zero attached hydrogens (tertiary/aromatic N) is 4. The monoisotopic (exact) mass is 316 g/mol. The summed E-state index contributed by atoms with van der Waals surface area (Å²) in [7, 11) is 0. The summed E-state index contributed by atoms with van der Waals surface area (Å²) >= 11 is 0. The molecule has 0 aliphatic carbocycles. The predicted octanol–water partition coefficient (Wildman–Crippen LogP) is 2.62. The first kappa shape index (κ1) is 16.1. The largest absolute Gasteiger partial charge is 0.337 e. The number of hydrogen-bond acceptors (Lipinski definition) is 3. The van der Waals surface area contributed by atoms with Crippen molar-refractivity contribution in [2.75, 3.05) is 32.7 Å². The summed E-state index contributed by atoms with van der Waals surface area (Å²) < 4.78 is 15.1. The van der Waals surface area contributed by atoms with E-state index in [-0.39, 0.29) is 5.82 Å². The summed E-state index contributed by atoms with van der Waals surface area (Å²) in [6.07, 6.45) is 8.10. The van der Waals surface area contributed by atoms with Crippen LogP contribution >= 0.6 is 0 Å². The molecule has 1 saturated heterocycles. The van der Waals surface area contributed by atoms with Crippen molar-refractivity contribution in [1.29, 1.82) is 0 Å². The Morgan fingerprint density at radius 3 is 2.52 bits per heavy atom.